The van der Waals surface area contributed by atoms with Crippen molar-refractivity contribution >= 4 is 28.3 Å². The lowest BCUT2D eigenvalue weighted by molar-refractivity contribution is 0.0494. The number of esters is 1. The molecule has 3 rings (SSSR count). The average Bonchev–Trinajstić information content (AvgIpc) is 2.90. The maximum absolute atomic E-state index is 14.1. The molecule has 1 N–H and O–H groups in total. The number of furan rings is 1. The number of hydrogen-bond acceptors (Lipinski definition) is 5. The molecule has 0 radical (unpaired) electrons. The van der Waals surface area contributed by atoms with E-state index in [2.05, 4.69) is 10.3 Å². The Morgan fingerprint density at radius 1 is 1.29 bits per heavy atom. The Morgan fingerprint density at radius 2 is 2.08 bits per heavy atom. The molecule has 0 amide bonds. The fourth-order valence-electron chi connectivity index (χ4n) is 2.30. The molecular formula is C17H14F2N2O3. The summed E-state index contributed by atoms with van der Waals surface area (Å²) in [6, 6.07) is 4.56. The molecule has 124 valence electrons. The van der Waals surface area contributed by atoms with Gasteiger partial charge in [0.25, 0.3) is 0 Å². The number of rotatable bonds is 4. The number of nitrogens with one attached hydrogen (secondary N) is 1. The summed E-state index contributed by atoms with van der Waals surface area (Å²) in [6.07, 6.45) is 2.30. The normalized spacial score (nSPS) is 10.8. The van der Waals surface area contributed by atoms with Gasteiger partial charge < -0.3 is 14.5 Å². The molecule has 0 bridgehead atoms. The first kappa shape index (κ1) is 15.9. The quantitative estimate of drug-likeness (QED) is 0.720. The topological polar surface area (TPSA) is 64.4 Å². The van der Waals surface area contributed by atoms with Crippen molar-refractivity contribution in [2.45, 2.75) is 13.8 Å². The lowest BCUT2D eigenvalue weighted by Crippen LogP contribution is -2.06. The van der Waals surface area contributed by atoms with E-state index in [0.717, 1.165) is 11.8 Å². The third kappa shape index (κ3) is 2.80. The zero-order chi connectivity index (χ0) is 17.3. The van der Waals surface area contributed by atoms with Gasteiger partial charge in [-0.05, 0) is 31.5 Å². The van der Waals surface area contributed by atoms with Crippen molar-refractivity contribution in [2.24, 2.45) is 0 Å². The van der Waals surface area contributed by atoms with Gasteiger partial charge in [-0.15, -0.1) is 0 Å². The molecule has 3 aromatic rings. The minimum absolute atomic E-state index is 0.109. The summed E-state index contributed by atoms with van der Waals surface area (Å²) >= 11 is 0. The van der Waals surface area contributed by atoms with E-state index in [-0.39, 0.29) is 34.7 Å². The maximum atomic E-state index is 14.1. The summed E-state index contributed by atoms with van der Waals surface area (Å²) in [5, 5.41) is 3.00. The molecule has 0 unspecified atom stereocenters. The highest BCUT2D eigenvalue weighted by Crippen LogP contribution is 2.35. The molecule has 0 aliphatic heterocycles. The van der Waals surface area contributed by atoms with E-state index in [9.17, 15) is 13.6 Å². The molecule has 24 heavy (non-hydrogen) atoms. The molecule has 0 atom stereocenters. The van der Waals surface area contributed by atoms with Crippen LogP contribution in [0.4, 0.5) is 20.2 Å². The number of nitrogens with zero attached hydrogens (tertiary/aromatic N) is 1. The predicted octanol–water partition coefficient (Wildman–Crippen LogP) is 4.33. The van der Waals surface area contributed by atoms with E-state index in [1.54, 1.807) is 19.9 Å². The second-order valence-corrected chi connectivity index (χ2v) is 5.13. The van der Waals surface area contributed by atoms with Gasteiger partial charge in [0.2, 0.25) is 5.76 Å². The molecule has 0 saturated carbocycles. The van der Waals surface area contributed by atoms with E-state index in [0.29, 0.717) is 0 Å². The molecule has 2 heterocycles. The number of aryl methyl sites for hydroxylation is 1. The summed E-state index contributed by atoms with van der Waals surface area (Å²) in [5.41, 5.74) is 0.827. The fourth-order valence-corrected chi connectivity index (χ4v) is 2.30. The summed E-state index contributed by atoms with van der Waals surface area (Å²) in [4.78, 5) is 15.8. The fraction of sp³-hybridized carbons (Fsp3) is 0.176. The van der Waals surface area contributed by atoms with Crippen LogP contribution in [0.15, 0.2) is 35.0 Å². The van der Waals surface area contributed by atoms with Crippen LogP contribution in [-0.2, 0) is 4.74 Å². The van der Waals surface area contributed by atoms with Crippen molar-refractivity contribution in [1.29, 1.82) is 0 Å². The van der Waals surface area contributed by atoms with Gasteiger partial charge in [-0.2, -0.15) is 0 Å². The second kappa shape index (κ2) is 6.27. The first-order valence-electron chi connectivity index (χ1n) is 7.27. The first-order chi connectivity index (χ1) is 11.5. The Morgan fingerprint density at radius 3 is 2.79 bits per heavy atom. The van der Waals surface area contributed by atoms with Crippen LogP contribution >= 0.6 is 0 Å². The number of ether oxygens (including phenoxy) is 1. The van der Waals surface area contributed by atoms with Crippen LogP contribution in [0.2, 0.25) is 0 Å². The number of hydrogen-bond donors (Lipinski definition) is 1. The second-order valence-electron chi connectivity index (χ2n) is 5.13. The summed E-state index contributed by atoms with van der Waals surface area (Å²) in [6.45, 7) is 3.51. The van der Waals surface area contributed by atoms with Crippen molar-refractivity contribution in [3.8, 4) is 0 Å². The maximum Gasteiger partial charge on any atom is 0.376 e. The van der Waals surface area contributed by atoms with Gasteiger partial charge in [-0.1, -0.05) is 6.07 Å². The number of halogens is 2. The minimum atomic E-state index is -0.775. The van der Waals surface area contributed by atoms with Crippen LogP contribution in [0.1, 0.15) is 23.0 Å². The van der Waals surface area contributed by atoms with Crippen molar-refractivity contribution < 1.29 is 22.7 Å². The Bertz CT molecular complexity index is 922. The average molecular weight is 332 g/mol. The lowest BCUT2D eigenvalue weighted by Gasteiger charge is -2.08. The van der Waals surface area contributed by atoms with Gasteiger partial charge in [0.15, 0.2) is 11.4 Å². The van der Waals surface area contributed by atoms with Crippen molar-refractivity contribution in [3.05, 3.63) is 53.6 Å². The zero-order valence-electron chi connectivity index (χ0n) is 13.0. The molecule has 1 aromatic carbocycles. The first-order valence-corrected chi connectivity index (χ1v) is 7.27. The molecule has 0 fully saturated rings. The van der Waals surface area contributed by atoms with Crippen LogP contribution in [0.25, 0.3) is 11.0 Å². The van der Waals surface area contributed by atoms with Crippen LogP contribution in [0.5, 0.6) is 0 Å². The van der Waals surface area contributed by atoms with E-state index in [1.165, 1.54) is 18.3 Å². The molecule has 5 nitrogen and oxygen atoms in total. The van der Waals surface area contributed by atoms with Gasteiger partial charge >= 0.3 is 5.97 Å². The van der Waals surface area contributed by atoms with Gasteiger partial charge in [-0.3, -0.25) is 4.98 Å². The largest absolute Gasteiger partial charge is 0.460 e. The van der Waals surface area contributed by atoms with Crippen LogP contribution in [0, 0.1) is 18.6 Å². The van der Waals surface area contributed by atoms with Crippen LogP contribution < -0.4 is 5.32 Å². The molecular weight excluding hydrogens is 318 g/mol. The van der Waals surface area contributed by atoms with Gasteiger partial charge in [-0.25, -0.2) is 13.6 Å². The standard InChI is InChI=1S/C17H14F2N2O3/c1-3-23-17(22)16-14(10-7-20-8-12(19)15(10)24-16)21-13-5-4-9(2)6-11(13)18/h4-8,21H,3H2,1-2H3. The highest BCUT2D eigenvalue weighted by Gasteiger charge is 2.24. The van der Waals surface area contributed by atoms with Crippen molar-refractivity contribution in [2.75, 3.05) is 11.9 Å². The zero-order valence-corrected chi connectivity index (χ0v) is 13.0. The molecule has 0 saturated heterocycles. The third-order valence-corrected chi connectivity index (χ3v) is 3.40. The monoisotopic (exact) mass is 332 g/mol. The number of anilines is 2. The van der Waals surface area contributed by atoms with E-state index in [4.69, 9.17) is 9.15 Å². The van der Waals surface area contributed by atoms with Crippen molar-refractivity contribution in [3.63, 3.8) is 0 Å². The number of carbonyl (C=O) groups is 1. The number of fused-ring (bicyclic) bond motifs is 1. The van der Waals surface area contributed by atoms with E-state index < -0.39 is 17.6 Å². The Hall–Kier alpha value is -2.96. The summed E-state index contributed by atoms with van der Waals surface area (Å²) in [7, 11) is 0. The molecule has 0 spiro atoms. The minimum Gasteiger partial charge on any atom is -0.460 e. The number of carbonyl (C=O) groups excluding carboxylic acids is 1. The summed E-state index contributed by atoms with van der Waals surface area (Å²) < 4.78 is 38.2. The van der Waals surface area contributed by atoms with Crippen LogP contribution in [-0.4, -0.2) is 17.6 Å². The van der Waals surface area contributed by atoms with Gasteiger partial charge in [0, 0.05) is 6.20 Å². The highest BCUT2D eigenvalue weighted by molar-refractivity contribution is 6.05. The smallest absolute Gasteiger partial charge is 0.376 e. The SMILES string of the molecule is CCOC(=O)c1oc2c(F)cncc2c1Nc1ccc(C)cc1F. The molecule has 0 aliphatic carbocycles. The number of aromatic nitrogens is 1. The molecule has 7 heteroatoms. The number of pyridine rings is 1. The van der Waals surface area contributed by atoms with Gasteiger partial charge in [0.1, 0.15) is 11.5 Å². The molecule has 0 aliphatic rings. The Labute approximate surface area is 136 Å². The van der Waals surface area contributed by atoms with Crippen molar-refractivity contribution in [1.82, 2.24) is 4.98 Å². The summed E-state index contributed by atoms with van der Waals surface area (Å²) in [5.74, 6) is -2.25. The lowest BCUT2D eigenvalue weighted by atomic mass is 10.2. The van der Waals surface area contributed by atoms with Gasteiger partial charge in [0.05, 0.1) is 23.9 Å². The Kier molecular flexibility index (Phi) is 4.16. The van der Waals surface area contributed by atoms with E-state index >= 15 is 0 Å². The predicted molar refractivity (Wildman–Crippen MR) is 84.3 cm³/mol. The van der Waals surface area contributed by atoms with E-state index in [1.807, 2.05) is 0 Å². The third-order valence-electron chi connectivity index (χ3n) is 3.40. The number of benzene rings is 1. The molecule has 2 aromatic heterocycles. The Balaban J connectivity index is 2.15. The van der Waals surface area contributed by atoms with Crippen LogP contribution in [0.3, 0.4) is 0 Å². The highest BCUT2D eigenvalue weighted by atomic mass is 19.1.